The summed E-state index contributed by atoms with van der Waals surface area (Å²) < 4.78 is 4.85. The summed E-state index contributed by atoms with van der Waals surface area (Å²) in [6, 6.07) is -0.618. The third-order valence-electron chi connectivity index (χ3n) is 3.00. The van der Waals surface area contributed by atoms with Crippen LogP contribution in [0.25, 0.3) is 0 Å². The van der Waals surface area contributed by atoms with Crippen molar-refractivity contribution in [2.75, 3.05) is 20.3 Å². The summed E-state index contributed by atoms with van der Waals surface area (Å²) in [5.74, 6) is -0.363. The Morgan fingerprint density at radius 1 is 1.47 bits per heavy atom. The zero-order valence-electron chi connectivity index (χ0n) is 10.3. The number of carbonyl (C=O) groups is 1. The number of carboxylic acid groups (broad SMARTS) is 1. The molecule has 0 rings (SSSR count). The van der Waals surface area contributed by atoms with E-state index in [1.54, 1.807) is 0 Å². The standard InChI is InChI=1S/C11H23NO3/c1-8(2)11(3,4)7-12-9(6-15-5)10(13)14/h8-9,12H,6-7H2,1-5H3,(H,13,14). The first-order valence-corrected chi connectivity index (χ1v) is 5.26. The molecule has 4 heteroatoms. The van der Waals surface area contributed by atoms with Gasteiger partial charge in [0.25, 0.3) is 0 Å². The van der Waals surface area contributed by atoms with Gasteiger partial charge in [-0.15, -0.1) is 0 Å². The third-order valence-corrected chi connectivity index (χ3v) is 3.00. The van der Waals surface area contributed by atoms with Crippen LogP contribution in [-0.2, 0) is 9.53 Å². The van der Waals surface area contributed by atoms with E-state index in [4.69, 9.17) is 9.84 Å². The van der Waals surface area contributed by atoms with E-state index in [-0.39, 0.29) is 12.0 Å². The van der Waals surface area contributed by atoms with Crippen molar-refractivity contribution in [1.29, 1.82) is 0 Å². The molecule has 0 saturated heterocycles. The second kappa shape index (κ2) is 6.08. The molecule has 0 aliphatic rings. The van der Waals surface area contributed by atoms with Crippen LogP contribution in [0.4, 0.5) is 0 Å². The maximum atomic E-state index is 10.8. The third kappa shape index (κ3) is 5.14. The Bertz CT molecular complexity index is 202. The molecule has 0 bridgehead atoms. The van der Waals surface area contributed by atoms with Gasteiger partial charge in [-0.1, -0.05) is 27.7 Å². The topological polar surface area (TPSA) is 58.6 Å². The summed E-state index contributed by atoms with van der Waals surface area (Å²) in [4.78, 5) is 10.8. The second-order valence-corrected chi connectivity index (χ2v) is 4.87. The lowest BCUT2D eigenvalue weighted by atomic mass is 9.81. The normalized spacial score (nSPS) is 14.3. The smallest absolute Gasteiger partial charge is 0.323 e. The highest BCUT2D eigenvalue weighted by molar-refractivity contribution is 5.73. The Morgan fingerprint density at radius 2 is 2.00 bits per heavy atom. The van der Waals surface area contributed by atoms with Gasteiger partial charge in [0.1, 0.15) is 6.04 Å². The minimum absolute atomic E-state index is 0.0848. The Hall–Kier alpha value is -0.610. The predicted molar refractivity (Wildman–Crippen MR) is 59.9 cm³/mol. The minimum atomic E-state index is -0.864. The van der Waals surface area contributed by atoms with E-state index < -0.39 is 12.0 Å². The van der Waals surface area contributed by atoms with Crippen molar-refractivity contribution in [2.45, 2.75) is 33.7 Å². The zero-order chi connectivity index (χ0) is 12.1. The van der Waals surface area contributed by atoms with Crippen LogP contribution < -0.4 is 5.32 Å². The van der Waals surface area contributed by atoms with Crippen molar-refractivity contribution in [3.8, 4) is 0 Å². The van der Waals surface area contributed by atoms with Gasteiger partial charge >= 0.3 is 5.97 Å². The van der Waals surface area contributed by atoms with E-state index in [0.717, 1.165) is 0 Å². The number of hydrogen-bond donors (Lipinski definition) is 2. The molecular weight excluding hydrogens is 194 g/mol. The number of hydrogen-bond acceptors (Lipinski definition) is 3. The van der Waals surface area contributed by atoms with E-state index >= 15 is 0 Å². The van der Waals surface area contributed by atoms with Crippen molar-refractivity contribution in [1.82, 2.24) is 5.32 Å². The SMILES string of the molecule is COCC(NCC(C)(C)C(C)C)C(=O)O. The van der Waals surface area contributed by atoms with Crippen molar-refractivity contribution < 1.29 is 14.6 Å². The second-order valence-electron chi connectivity index (χ2n) is 4.87. The van der Waals surface area contributed by atoms with E-state index in [2.05, 4.69) is 33.0 Å². The monoisotopic (exact) mass is 217 g/mol. The average molecular weight is 217 g/mol. The Balaban J connectivity index is 4.15. The van der Waals surface area contributed by atoms with Crippen LogP contribution in [0.5, 0.6) is 0 Å². The first-order chi connectivity index (χ1) is 6.81. The molecule has 1 unspecified atom stereocenters. The molecule has 0 radical (unpaired) electrons. The summed E-state index contributed by atoms with van der Waals surface area (Å²) in [7, 11) is 1.51. The molecule has 0 aliphatic heterocycles. The van der Waals surface area contributed by atoms with Crippen LogP contribution in [0.15, 0.2) is 0 Å². The van der Waals surface area contributed by atoms with Crippen LogP contribution >= 0.6 is 0 Å². The fourth-order valence-electron chi connectivity index (χ4n) is 0.975. The van der Waals surface area contributed by atoms with Crippen LogP contribution in [0.1, 0.15) is 27.7 Å². The van der Waals surface area contributed by atoms with Gasteiger partial charge in [-0.3, -0.25) is 4.79 Å². The minimum Gasteiger partial charge on any atom is -0.480 e. The van der Waals surface area contributed by atoms with Crippen molar-refractivity contribution in [2.24, 2.45) is 11.3 Å². The molecule has 0 heterocycles. The van der Waals surface area contributed by atoms with Crippen molar-refractivity contribution in [3.05, 3.63) is 0 Å². The fourth-order valence-corrected chi connectivity index (χ4v) is 0.975. The fraction of sp³-hybridized carbons (Fsp3) is 0.909. The summed E-state index contributed by atoms with van der Waals surface area (Å²) >= 11 is 0. The molecule has 0 aromatic heterocycles. The van der Waals surface area contributed by atoms with Gasteiger partial charge in [-0.25, -0.2) is 0 Å². The number of nitrogens with one attached hydrogen (secondary N) is 1. The average Bonchev–Trinajstić information content (AvgIpc) is 2.11. The summed E-state index contributed by atoms with van der Waals surface area (Å²) in [5, 5.41) is 11.9. The molecule has 0 aliphatic carbocycles. The number of carboxylic acids is 1. The van der Waals surface area contributed by atoms with E-state index in [0.29, 0.717) is 12.5 Å². The van der Waals surface area contributed by atoms with Gasteiger partial charge in [-0.05, 0) is 11.3 Å². The highest BCUT2D eigenvalue weighted by Crippen LogP contribution is 2.24. The summed E-state index contributed by atoms with van der Waals surface area (Å²) in [6.07, 6.45) is 0. The molecule has 0 fully saturated rings. The van der Waals surface area contributed by atoms with Gasteiger partial charge < -0.3 is 15.2 Å². The van der Waals surface area contributed by atoms with Gasteiger partial charge in [-0.2, -0.15) is 0 Å². The molecule has 15 heavy (non-hydrogen) atoms. The first kappa shape index (κ1) is 14.4. The molecule has 0 aromatic rings. The van der Waals surface area contributed by atoms with Gasteiger partial charge in [0.2, 0.25) is 0 Å². The Morgan fingerprint density at radius 3 is 2.33 bits per heavy atom. The zero-order valence-corrected chi connectivity index (χ0v) is 10.3. The first-order valence-electron chi connectivity index (χ1n) is 5.26. The lowest BCUT2D eigenvalue weighted by Crippen LogP contribution is -2.45. The summed E-state index contributed by atoms with van der Waals surface area (Å²) in [6.45, 7) is 9.38. The molecule has 1 atom stereocenters. The van der Waals surface area contributed by atoms with E-state index in [1.807, 2.05) is 0 Å². The van der Waals surface area contributed by atoms with Gasteiger partial charge in [0, 0.05) is 13.7 Å². The van der Waals surface area contributed by atoms with Crippen molar-refractivity contribution in [3.63, 3.8) is 0 Å². The van der Waals surface area contributed by atoms with Gasteiger partial charge in [0.05, 0.1) is 6.61 Å². The molecule has 2 N–H and O–H groups in total. The Kier molecular flexibility index (Phi) is 5.83. The van der Waals surface area contributed by atoms with Crippen molar-refractivity contribution >= 4 is 5.97 Å². The highest BCUT2D eigenvalue weighted by Gasteiger charge is 2.25. The Labute approximate surface area is 92.0 Å². The predicted octanol–water partition coefficient (Wildman–Crippen LogP) is 1.36. The number of ether oxygens (including phenoxy) is 1. The van der Waals surface area contributed by atoms with E-state index in [9.17, 15) is 4.79 Å². The quantitative estimate of drug-likeness (QED) is 0.676. The largest absolute Gasteiger partial charge is 0.480 e. The number of aliphatic carboxylic acids is 1. The molecular formula is C11H23NO3. The molecule has 0 spiro atoms. The molecule has 90 valence electrons. The molecule has 0 saturated carbocycles. The van der Waals surface area contributed by atoms with Crippen LogP contribution in [0, 0.1) is 11.3 Å². The summed E-state index contributed by atoms with van der Waals surface area (Å²) in [5.41, 5.74) is 0.0848. The molecule has 0 amide bonds. The molecule has 0 aromatic carbocycles. The van der Waals surface area contributed by atoms with Crippen LogP contribution in [-0.4, -0.2) is 37.4 Å². The molecule has 4 nitrogen and oxygen atoms in total. The van der Waals surface area contributed by atoms with Gasteiger partial charge in [0.15, 0.2) is 0 Å². The maximum Gasteiger partial charge on any atom is 0.323 e. The lowest BCUT2D eigenvalue weighted by molar-refractivity contribution is -0.141. The van der Waals surface area contributed by atoms with E-state index in [1.165, 1.54) is 7.11 Å². The number of rotatable bonds is 7. The lowest BCUT2D eigenvalue weighted by Gasteiger charge is -2.30. The van der Waals surface area contributed by atoms with Crippen LogP contribution in [0.3, 0.4) is 0 Å². The number of methoxy groups -OCH3 is 1. The van der Waals surface area contributed by atoms with Crippen LogP contribution in [0.2, 0.25) is 0 Å². The maximum absolute atomic E-state index is 10.8. The highest BCUT2D eigenvalue weighted by atomic mass is 16.5.